The number of amides is 1. The molecular weight excluding hydrogens is 392 g/mol. The first-order valence-corrected chi connectivity index (χ1v) is 9.89. The number of carboxylic acids is 1. The van der Waals surface area contributed by atoms with Gasteiger partial charge in [-0.2, -0.15) is 0 Å². The zero-order chi connectivity index (χ0) is 21.9. The maximum atomic E-state index is 13.4. The number of carbonyl (C=O) groups is 3. The Balaban J connectivity index is 2.05. The lowest BCUT2D eigenvalue weighted by Crippen LogP contribution is -2.65. The lowest BCUT2D eigenvalue weighted by molar-refractivity contribution is -0.206. The summed E-state index contributed by atoms with van der Waals surface area (Å²) >= 11 is 0. The van der Waals surface area contributed by atoms with Gasteiger partial charge in [0.25, 0.3) is 5.91 Å². The zero-order valence-electron chi connectivity index (χ0n) is 16.8. The highest BCUT2D eigenvalue weighted by atomic mass is 16.6. The fraction of sp³-hybridized carbons (Fsp3) is 0.500. The molecule has 1 aromatic rings. The summed E-state index contributed by atoms with van der Waals surface area (Å²) in [5.41, 5.74) is 3.53. The number of nitrogens with zero attached hydrogens (tertiary/aromatic N) is 1. The van der Waals surface area contributed by atoms with Crippen molar-refractivity contribution in [2.24, 2.45) is 5.73 Å². The first-order chi connectivity index (χ1) is 14.3. The number of piperidine rings is 1. The van der Waals surface area contributed by atoms with Crippen LogP contribution in [-0.2, 0) is 14.3 Å². The number of amidine groups is 1. The number of Topliss-reactive ketones (excluding diaryl/α,β-unsaturated/α-hetero) is 1. The number of nitrogens with two attached hydrogens (primary N) is 1. The van der Waals surface area contributed by atoms with Gasteiger partial charge in [-0.1, -0.05) is 13.0 Å². The van der Waals surface area contributed by atoms with Gasteiger partial charge >= 0.3 is 11.7 Å². The highest BCUT2D eigenvalue weighted by Crippen LogP contribution is 2.32. The van der Waals surface area contributed by atoms with Crippen LogP contribution in [0.5, 0.6) is 5.75 Å². The molecule has 5 N–H and O–H groups in total. The number of hydrogen-bond donors (Lipinski definition) is 4. The van der Waals surface area contributed by atoms with Crippen molar-refractivity contribution in [3.8, 4) is 5.75 Å². The summed E-state index contributed by atoms with van der Waals surface area (Å²) in [6, 6.07) is 4.35. The number of rotatable bonds is 7. The predicted octanol–water partition coefficient (Wildman–Crippen LogP) is 0.334. The van der Waals surface area contributed by atoms with E-state index in [0.29, 0.717) is 31.5 Å². The molecule has 10 heteroatoms. The summed E-state index contributed by atoms with van der Waals surface area (Å²) in [4.78, 5) is 39.8. The molecule has 2 aliphatic heterocycles. The molecule has 30 heavy (non-hydrogen) atoms. The van der Waals surface area contributed by atoms with E-state index in [2.05, 4.69) is 5.32 Å². The van der Waals surface area contributed by atoms with E-state index < -0.39 is 29.5 Å². The standard InChI is InChI=1S/C20H26N4O6/c1-2-16(25)20(19(27)28,30-13-5-7-23-8-6-13)24-9-10-29-15-11-12(17(21)22)3-4-14(15)18(24)26/h3-4,11,13,23H,2,5-10H2,1H3,(H3,21,22)(H,27,28). The molecule has 1 unspecified atom stereocenters. The molecule has 1 amide bonds. The fourth-order valence-corrected chi connectivity index (χ4v) is 3.74. The van der Waals surface area contributed by atoms with Crippen LogP contribution in [0.15, 0.2) is 18.2 Å². The van der Waals surface area contributed by atoms with E-state index in [-0.39, 0.29) is 36.7 Å². The first-order valence-electron chi connectivity index (χ1n) is 9.89. The van der Waals surface area contributed by atoms with E-state index in [0.717, 1.165) is 4.90 Å². The van der Waals surface area contributed by atoms with Crippen molar-refractivity contribution in [2.75, 3.05) is 26.2 Å². The van der Waals surface area contributed by atoms with E-state index in [1.54, 1.807) is 0 Å². The third-order valence-electron chi connectivity index (χ3n) is 5.33. The fourth-order valence-electron chi connectivity index (χ4n) is 3.74. The van der Waals surface area contributed by atoms with E-state index in [1.165, 1.54) is 25.1 Å². The van der Waals surface area contributed by atoms with Crippen LogP contribution in [-0.4, -0.2) is 71.6 Å². The Morgan fingerprint density at radius 2 is 2.10 bits per heavy atom. The number of carbonyl (C=O) groups excluding carboxylic acids is 2. The minimum atomic E-state index is -2.43. The predicted molar refractivity (Wildman–Crippen MR) is 107 cm³/mol. The molecule has 1 aromatic carbocycles. The Hall–Kier alpha value is -2.98. The van der Waals surface area contributed by atoms with Gasteiger partial charge in [-0.05, 0) is 38.1 Å². The van der Waals surface area contributed by atoms with Gasteiger partial charge in [0.1, 0.15) is 18.2 Å². The van der Waals surface area contributed by atoms with Crippen molar-refractivity contribution in [3.05, 3.63) is 29.3 Å². The molecule has 162 valence electrons. The molecule has 1 saturated heterocycles. The number of nitrogen functional groups attached to an aromatic ring is 1. The lowest BCUT2D eigenvalue weighted by Gasteiger charge is -2.41. The average Bonchev–Trinajstić information content (AvgIpc) is 2.90. The van der Waals surface area contributed by atoms with Gasteiger partial charge in [0.15, 0.2) is 5.78 Å². The number of aliphatic carboxylic acids is 1. The van der Waals surface area contributed by atoms with Crippen molar-refractivity contribution in [1.29, 1.82) is 5.41 Å². The molecule has 0 spiro atoms. The normalized spacial score (nSPS) is 19.2. The van der Waals surface area contributed by atoms with Gasteiger partial charge < -0.3 is 25.6 Å². The van der Waals surface area contributed by atoms with Crippen LogP contribution in [0.3, 0.4) is 0 Å². The Morgan fingerprint density at radius 3 is 2.70 bits per heavy atom. The monoisotopic (exact) mass is 418 g/mol. The van der Waals surface area contributed by atoms with Gasteiger partial charge in [-0.3, -0.25) is 19.9 Å². The smallest absolute Gasteiger partial charge is 0.366 e. The van der Waals surface area contributed by atoms with Gasteiger partial charge in [0.05, 0.1) is 18.2 Å². The third-order valence-corrected chi connectivity index (χ3v) is 5.33. The summed E-state index contributed by atoms with van der Waals surface area (Å²) in [5, 5.41) is 20.9. The summed E-state index contributed by atoms with van der Waals surface area (Å²) in [6.07, 6.45) is 0.471. The molecular formula is C20H26N4O6. The van der Waals surface area contributed by atoms with E-state index >= 15 is 0 Å². The van der Waals surface area contributed by atoms with Crippen molar-refractivity contribution >= 4 is 23.5 Å². The number of nitrogens with one attached hydrogen (secondary N) is 2. The number of benzene rings is 1. The van der Waals surface area contributed by atoms with Crippen LogP contribution in [0, 0.1) is 5.41 Å². The minimum Gasteiger partial charge on any atom is -0.491 e. The molecule has 0 aliphatic carbocycles. The van der Waals surface area contributed by atoms with Crippen LogP contribution in [0.2, 0.25) is 0 Å². The molecule has 10 nitrogen and oxygen atoms in total. The number of ketones is 1. The van der Waals surface area contributed by atoms with Crippen molar-refractivity contribution in [2.45, 2.75) is 38.0 Å². The SMILES string of the molecule is CCC(=O)C(OC1CCNCC1)(C(=O)O)N1CCOc2cc(C(=N)N)ccc2C1=O. The molecule has 0 radical (unpaired) electrons. The van der Waals surface area contributed by atoms with E-state index in [9.17, 15) is 19.5 Å². The second-order valence-corrected chi connectivity index (χ2v) is 7.22. The van der Waals surface area contributed by atoms with Crippen LogP contribution >= 0.6 is 0 Å². The van der Waals surface area contributed by atoms with Crippen LogP contribution in [0.1, 0.15) is 42.1 Å². The molecule has 3 rings (SSSR count). The van der Waals surface area contributed by atoms with Gasteiger partial charge in [-0.25, -0.2) is 4.79 Å². The summed E-state index contributed by atoms with van der Waals surface area (Å²) in [7, 11) is 0. The van der Waals surface area contributed by atoms with E-state index in [1.807, 2.05) is 0 Å². The molecule has 0 aromatic heterocycles. The molecule has 2 heterocycles. The maximum Gasteiger partial charge on any atom is 0.366 e. The van der Waals surface area contributed by atoms with Gasteiger partial charge in [0, 0.05) is 12.0 Å². The number of ether oxygens (including phenoxy) is 2. The minimum absolute atomic E-state index is 0.0400. The molecule has 1 fully saturated rings. The van der Waals surface area contributed by atoms with Crippen molar-refractivity contribution in [1.82, 2.24) is 10.2 Å². The molecule has 0 saturated carbocycles. The molecule has 0 bridgehead atoms. The first kappa shape index (κ1) is 21.7. The van der Waals surface area contributed by atoms with E-state index in [4.69, 9.17) is 20.6 Å². The molecule has 2 aliphatic rings. The Labute approximate surface area is 173 Å². The van der Waals surface area contributed by atoms with Crippen LogP contribution in [0.25, 0.3) is 0 Å². The second-order valence-electron chi connectivity index (χ2n) is 7.22. The Morgan fingerprint density at radius 1 is 1.40 bits per heavy atom. The number of hydrogen-bond acceptors (Lipinski definition) is 7. The largest absolute Gasteiger partial charge is 0.491 e. The van der Waals surface area contributed by atoms with Crippen LogP contribution in [0.4, 0.5) is 0 Å². The summed E-state index contributed by atoms with van der Waals surface area (Å²) < 4.78 is 11.6. The number of carboxylic acid groups (broad SMARTS) is 1. The topological polar surface area (TPSA) is 155 Å². The molecule has 1 atom stereocenters. The lowest BCUT2D eigenvalue weighted by atomic mass is 10.00. The van der Waals surface area contributed by atoms with Crippen molar-refractivity contribution < 1.29 is 29.0 Å². The van der Waals surface area contributed by atoms with Gasteiger partial charge in [-0.15, -0.1) is 0 Å². The van der Waals surface area contributed by atoms with Crippen molar-refractivity contribution in [3.63, 3.8) is 0 Å². The summed E-state index contributed by atoms with van der Waals surface area (Å²) in [5.74, 6) is -2.92. The Kier molecular flexibility index (Phi) is 6.37. The summed E-state index contributed by atoms with van der Waals surface area (Å²) in [6.45, 7) is 2.62. The maximum absolute atomic E-state index is 13.4. The third kappa shape index (κ3) is 3.88. The van der Waals surface area contributed by atoms with Crippen LogP contribution < -0.4 is 15.8 Å². The Bertz CT molecular complexity index is 867. The highest BCUT2D eigenvalue weighted by molar-refractivity contribution is 6.11. The quantitative estimate of drug-likeness (QED) is 0.281. The van der Waals surface area contributed by atoms with Gasteiger partial charge in [0.2, 0.25) is 0 Å². The average molecular weight is 418 g/mol. The number of fused-ring (bicyclic) bond motifs is 1. The highest BCUT2D eigenvalue weighted by Gasteiger charge is 2.56. The zero-order valence-corrected chi connectivity index (χ0v) is 16.8. The second kappa shape index (κ2) is 8.80.